The van der Waals surface area contributed by atoms with Gasteiger partial charge in [0.05, 0.1) is 19.8 Å². The fourth-order valence-corrected chi connectivity index (χ4v) is 3.57. The molecule has 0 bridgehead atoms. The van der Waals surface area contributed by atoms with E-state index >= 15 is 0 Å². The Morgan fingerprint density at radius 3 is 2.52 bits per heavy atom. The number of carbonyl (C=O) groups is 1. The number of aromatic nitrogens is 2. The standard InChI is InChI=1S/C22H20N2O3/c1-14(25)13-24-11-10-17-16-6-4-5-7-18(16)23-21(17)22(24)15-8-9-19(26-2)20(12-15)27-3/h4-12H,13H2,1-3H3/p+1. The summed E-state index contributed by atoms with van der Waals surface area (Å²) in [5.74, 6) is 1.41. The zero-order valence-corrected chi connectivity index (χ0v) is 15.6. The van der Waals surface area contributed by atoms with Gasteiger partial charge in [-0.3, -0.25) is 4.79 Å². The van der Waals surface area contributed by atoms with E-state index in [2.05, 4.69) is 23.2 Å². The molecule has 0 spiro atoms. The predicted octanol–water partition coefficient (Wildman–Crippen LogP) is 3.88. The first-order valence-corrected chi connectivity index (χ1v) is 8.77. The molecule has 0 aliphatic carbocycles. The molecule has 2 aromatic carbocycles. The number of carbonyl (C=O) groups excluding carboxylic acids is 1. The minimum Gasteiger partial charge on any atom is -0.493 e. The molecule has 0 fully saturated rings. The summed E-state index contributed by atoms with van der Waals surface area (Å²) in [6, 6.07) is 16.1. The second kappa shape index (κ2) is 6.76. The van der Waals surface area contributed by atoms with E-state index < -0.39 is 0 Å². The van der Waals surface area contributed by atoms with Crippen molar-refractivity contribution in [3.8, 4) is 22.8 Å². The van der Waals surface area contributed by atoms with Gasteiger partial charge >= 0.3 is 0 Å². The maximum absolute atomic E-state index is 11.9. The second-order valence-corrected chi connectivity index (χ2v) is 6.52. The van der Waals surface area contributed by atoms with Gasteiger partial charge in [-0.25, -0.2) is 0 Å². The number of nitrogens with zero attached hydrogens (tertiary/aromatic N) is 1. The van der Waals surface area contributed by atoms with Crippen molar-refractivity contribution in [1.29, 1.82) is 0 Å². The van der Waals surface area contributed by atoms with E-state index in [0.717, 1.165) is 33.1 Å². The third-order valence-corrected chi connectivity index (χ3v) is 4.74. The van der Waals surface area contributed by atoms with Gasteiger partial charge in [-0.15, -0.1) is 0 Å². The van der Waals surface area contributed by atoms with Crippen molar-refractivity contribution in [2.45, 2.75) is 13.5 Å². The molecule has 0 atom stereocenters. The van der Waals surface area contributed by atoms with E-state index in [4.69, 9.17) is 9.47 Å². The van der Waals surface area contributed by atoms with Gasteiger partial charge in [0, 0.05) is 29.3 Å². The van der Waals surface area contributed by atoms with Gasteiger partial charge in [0.15, 0.2) is 23.5 Å². The first kappa shape index (κ1) is 17.1. The molecule has 0 saturated heterocycles. The van der Waals surface area contributed by atoms with Gasteiger partial charge in [0.1, 0.15) is 5.52 Å². The second-order valence-electron chi connectivity index (χ2n) is 6.52. The number of H-pyrrole nitrogens is 1. The van der Waals surface area contributed by atoms with Crippen molar-refractivity contribution < 1.29 is 18.8 Å². The minimum atomic E-state index is 0.0946. The highest BCUT2D eigenvalue weighted by molar-refractivity contribution is 6.10. The number of nitrogens with one attached hydrogen (secondary N) is 1. The van der Waals surface area contributed by atoms with Crippen LogP contribution in [0.2, 0.25) is 0 Å². The van der Waals surface area contributed by atoms with Crippen molar-refractivity contribution in [1.82, 2.24) is 4.98 Å². The highest BCUT2D eigenvalue weighted by atomic mass is 16.5. The van der Waals surface area contributed by atoms with E-state index in [9.17, 15) is 4.79 Å². The summed E-state index contributed by atoms with van der Waals surface area (Å²) in [6.07, 6.45) is 1.97. The normalized spacial score (nSPS) is 11.1. The first-order chi connectivity index (χ1) is 13.1. The van der Waals surface area contributed by atoms with Gasteiger partial charge in [-0.05, 0) is 24.3 Å². The Morgan fingerprint density at radius 2 is 1.78 bits per heavy atom. The molecule has 2 heterocycles. The van der Waals surface area contributed by atoms with Crippen LogP contribution in [0.3, 0.4) is 0 Å². The summed E-state index contributed by atoms with van der Waals surface area (Å²) in [5, 5.41) is 2.28. The number of benzene rings is 2. The van der Waals surface area contributed by atoms with Gasteiger partial charge < -0.3 is 14.5 Å². The number of hydrogen-bond donors (Lipinski definition) is 1. The Morgan fingerprint density at radius 1 is 1.00 bits per heavy atom. The van der Waals surface area contributed by atoms with Gasteiger partial charge in [0.2, 0.25) is 12.2 Å². The smallest absolute Gasteiger partial charge is 0.237 e. The summed E-state index contributed by atoms with van der Waals surface area (Å²) >= 11 is 0. The molecule has 0 amide bonds. The van der Waals surface area contributed by atoms with Crippen LogP contribution in [0.25, 0.3) is 33.1 Å². The summed E-state index contributed by atoms with van der Waals surface area (Å²) in [7, 11) is 3.24. The largest absolute Gasteiger partial charge is 0.493 e. The molecule has 0 aliphatic rings. The van der Waals surface area contributed by atoms with Crippen LogP contribution in [-0.2, 0) is 11.3 Å². The molecule has 0 unspecified atom stereocenters. The Balaban J connectivity index is 2.05. The molecule has 27 heavy (non-hydrogen) atoms. The molecule has 5 nitrogen and oxygen atoms in total. The molecule has 5 heteroatoms. The third kappa shape index (κ3) is 2.91. The Labute approximate surface area is 157 Å². The number of ketones is 1. The minimum absolute atomic E-state index is 0.0946. The lowest BCUT2D eigenvalue weighted by Crippen LogP contribution is -2.39. The molecular weight excluding hydrogens is 340 g/mol. The van der Waals surface area contributed by atoms with E-state index in [1.807, 2.05) is 41.1 Å². The zero-order valence-electron chi connectivity index (χ0n) is 15.6. The molecule has 0 saturated carbocycles. The number of hydrogen-bond acceptors (Lipinski definition) is 3. The summed E-state index contributed by atoms with van der Waals surface area (Å²) in [5.41, 5.74) is 3.95. The fourth-order valence-electron chi connectivity index (χ4n) is 3.57. The van der Waals surface area contributed by atoms with E-state index in [1.54, 1.807) is 21.1 Å². The third-order valence-electron chi connectivity index (χ3n) is 4.74. The van der Waals surface area contributed by atoms with E-state index in [0.29, 0.717) is 18.0 Å². The number of para-hydroxylation sites is 1. The van der Waals surface area contributed by atoms with Crippen LogP contribution >= 0.6 is 0 Å². The Hall–Kier alpha value is -3.34. The highest BCUT2D eigenvalue weighted by Crippen LogP contribution is 2.35. The Bertz CT molecular complexity index is 1160. The van der Waals surface area contributed by atoms with Crippen molar-refractivity contribution in [3.05, 3.63) is 54.7 Å². The van der Waals surface area contributed by atoms with Gasteiger partial charge in [-0.1, -0.05) is 18.2 Å². The van der Waals surface area contributed by atoms with Crippen LogP contribution in [-0.4, -0.2) is 25.0 Å². The monoisotopic (exact) mass is 361 g/mol. The van der Waals surface area contributed by atoms with Crippen molar-refractivity contribution >= 4 is 27.6 Å². The average molecular weight is 361 g/mol. The van der Waals surface area contributed by atoms with Crippen molar-refractivity contribution in [3.63, 3.8) is 0 Å². The molecule has 2 aromatic heterocycles. The highest BCUT2D eigenvalue weighted by Gasteiger charge is 2.23. The lowest BCUT2D eigenvalue weighted by molar-refractivity contribution is -0.672. The van der Waals surface area contributed by atoms with Crippen molar-refractivity contribution in [2.75, 3.05) is 14.2 Å². The number of ether oxygens (including phenoxy) is 2. The number of pyridine rings is 1. The predicted molar refractivity (Wildman–Crippen MR) is 105 cm³/mol. The number of aromatic amines is 1. The molecule has 136 valence electrons. The molecule has 0 aliphatic heterocycles. The summed E-state index contributed by atoms with van der Waals surface area (Å²) < 4.78 is 12.8. The summed E-state index contributed by atoms with van der Waals surface area (Å²) in [4.78, 5) is 15.4. The molecule has 1 N–H and O–H groups in total. The van der Waals surface area contributed by atoms with Crippen LogP contribution < -0.4 is 14.0 Å². The Kier molecular flexibility index (Phi) is 4.28. The number of Topliss-reactive ketones (excluding diaryl/α,β-unsaturated/α-hetero) is 1. The fraction of sp³-hybridized carbons (Fsp3) is 0.182. The topological polar surface area (TPSA) is 55.2 Å². The van der Waals surface area contributed by atoms with Crippen LogP contribution in [0.4, 0.5) is 0 Å². The first-order valence-electron chi connectivity index (χ1n) is 8.77. The zero-order chi connectivity index (χ0) is 19.0. The van der Waals surface area contributed by atoms with Crippen LogP contribution in [0, 0.1) is 0 Å². The number of fused-ring (bicyclic) bond motifs is 3. The molecule has 0 radical (unpaired) electrons. The summed E-state index contributed by atoms with van der Waals surface area (Å²) in [6.45, 7) is 1.90. The van der Waals surface area contributed by atoms with Crippen LogP contribution in [0.1, 0.15) is 6.92 Å². The quantitative estimate of drug-likeness (QED) is 0.549. The SMILES string of the molecule is COc1ccc(-c2c3[nH]c4ccccc4c3cc[n+]2CC(C)=O)cc1OC. The average Bonchev–Trinajstić information content (AvgIpc) is 3.05. The van der Waals surface area contributed by atoms with Crippen LogP contribution in [0.5, 0.6) is 11.5 Å². The maximum Gasteiger partial charge on any atom is 0.237 e. The van der Waals surface area contributed by atoms with E-state index in [1.165, 1.54) is 0 Å². The van der Waals surface area contributed by atoms with Crippen LogP contribution in [0.15, 0.2) is 54.7 Å². The van der Waals surface area contributed by atoms with Crippen molar-refractivity contribution in [2.24, 2.45) is 0 Å². The van der Waals surface area contributed by atoms with Gasteiger partial charge in [-0.2, -0.15) is 4.57 Å². The lowest BCUT2D eigenvalue weighted by atomic mass is 10.1. The maximum atomic E-state index is 11.9. The van der Waals surface area contributed by atoms with E-state index in [-0.39, 0.29) is 5.78 Å². The number of methoxy groups -OCH3 is 2. The molecular formula is C22H21N2O3+. The number of rotatable bonds is 5. The molecule has 4 rings (SSSR count). The van der Waals surface area contributed by atoms with Gasteiger partial charge in [0.25, 0.3) is 0 Å². The lowest BCUT2D eigenvalue weighted by Gasteiger charge is -2.10. The molecule has 4 aromatic rings.